The van der Waals surface area contributed by atoms with Crippen molar-refractivity contribution in [3.05, 3.63) is 0 Å². The minimum absolute atomic E-state index is 0.709. The molecule has 1 rings (SSSR count). The largest absolute Gasteiger partial charge is 0.378 e. The molecule has 0 bridgehead atoms. The summed E-state index contributed by atoms with van der Waals surface area (Å²) in [6.07, 6.45) is 2.70. The summed E-state index contributed by atoms with van der Waals surface area (Å²) in [5.74, 6) is 1.77. The molecule has 0 atom stereocenters. The van der Waals surface area contributed by atoms with Crippen LogP contribution in [0.15, 0.2) is 0 Å². The van der Waals surface area contributed by atoms with Crippen molar-refractivity contribution in [2.45, 2.75) is 33.6 Å². The van der Waals surface area contributed by atoms with Gasteiger partial charge in [0.25, 0.3) is 0 Å². The zero-order valence-electron chi connectivity index (χ0n) is 13.7. The average molecular weight is 286 g/mol. The van der Waals surface area contributed by atoms with Crippen molar-refractivity contribution in [2.24, 2.45) is 11.8 Å². The SMILES string of the molecule is CCNCCOCCOCCN1CCC(C(C)C)CC1. The van der Waals surface area contributed by atoms with Gasteiger partial charge in [-0.05, 0) is 44.3 Å². The molecular formula is C16H34N2O2. The van der Waals surface area contributed by atoms with Crippen LogP contribution in [-0.2, 0) is 9.47 Å². The van der Waals surface area contributed by atoms with E-state index in [0.717, 1.165) is 44.7 Å². The van der Waals surface area contributed by atoms with E-state index in [2.05, 4.69) is 31.0 Å². The van der Waals surface area contributed by atoms with Crippen molar-refractivity contribution in [3.63, 3.8) is 0 Å². The summed E-state index contributed by atoms with van der Waals surface area (Å²) in [6, 6.07) is 0. The highest BCUT2D eigenvalue weighted by Crippen LogP contribution is 2.23. The molecule has 4 heteroatoms. The summed E-state index contributed by atoms with van der Waals surface area (Å²) < 4.78 is 11.1. The van der Waals surface area contributed by atoms with E-state index in [9.17, 15) is 0 Å². The molecule has 0 spiro atoms. The summed E-state index contributed by atoms with van der Waals surface area (Å²) in [5.41, 5.74) is 0. The van der Waals surface area contributed by atoms with Gasteiger partial charge in [-0.1, -0.05) is 20.8 Å². The third kappa shape index (κ3) is 8.20. The van der Waals surface area contributed by atoms with E-state index in [1.54, 1.807) is 0 Å². The molecule has 1 aliphatic heterocycles. The fourth-order valence-corrected chi connectivity index (χ4v) is 2.68. The van der Waals surface area contributed by atoms with Gasteiger partial charge in [0, 0.05) is 13.1 Å². The molecule has 4 nitrogen and oxygen atoms in total. The molecular weight excluding hydrogens is 252 g/mol. The van der Waals surface area contributed by atoms with Crippen LogP contribution in [0.1, 0.15) is 33.6 Å². The smallest absolute Gasteiger partial charge is 0.0701 e. The fourth-order valence-electron chi connectivity index (χ4n) is 2.68. The van der Waals surface area contributed by atoms with Crippen LogP contribution in [0.4, 0.5) is 0 Å². The van der Waals surface area contributed by atoms with E-state index in [0.29, 0.717) is 13.2 Å². The summed E-state index contributed by atoms with van der Waals surface area (Å²) in [6.45, 7) is 15.3. The zero-order valence-corrected chi connectivity index (χ0v) is 13.7. The van der Waals surface area contributed by atoms with Gasteiger partial charge in [0.05, 0.1) is 26.4 Å². The van der Waals surface area contributed by atoms with E-state index in [4.69, 9.17) is 9.47 Å². The van der Waals surface area contributed by atoms with Gasteiger partial charge >= 0.3 is 0 Å². The second kappa shape index (κ2) is 11.5. The lowest BCUT2D eigenvalue weighted by atomic mass is 9.87. The third-order valence-corrected chi connectivity index (χ3v) is 4.17. The van der Waals surface area contributed by atoms with Gasteiger partial charge < -0.3 is 19.7 Å². The first-order valence-electron chi connectivity index (χ1n) is 8.32. The van der Waals surface area contributed by atoms with Crippen molar-refractivity contribution in [1.29, 1.82) is 0 Å². The average Bonchev–Trinajstić information content (AvgIpc) is 2.46. The Balaban J connectivity index is 1.85. The number of nitrogens with zero attached hydrogens (tertiary/aromatic N) is 1. The van der Waals surface area contributed by atoms with Crippen molar-refractivity contribution in [1.82, 2.24) is 10.2 Å². The number of likely N-dealkylation sites (N-methyl/N-ethyl adjacent to an activating group) is 1. The maximum absolute atomic E-state index is 5.63. The van der Waals surface area contributed by atoms with Gasteiger partial charge in [-0.25, -0.2) is 0 Å². The van der Waals surface area contributed by atoms with E-state index < -0.39 is 0 Å². The van der Waals surface area contributed by atoms with E-state index in [-0.39, 0.29) is 0 Å². The van der Waals surface area contributed by atoms with Gasteiger partial charge in [0.1, 0.15) is 0 Å². The number of ether oxygens (including phenoxy) is 2. The molecule has 1 aliphatic rings. The molecule has 0 amide bonds. The Bertz CT molecular complexity index is 217. The minimum atomic E-state index is 0.709. The number of rotatable bonds is 11. The first kappa shape index (κ1) is 17.9. The van der Waals surface area contributed by atoms with Crippen LogP contribution in [0.5, 0.6) is 0 Å². The van der Waals surface area contributed by atoms with Crippen LogP contribution in [-0.4, -0.2) is 64.1 Å². The molecule has 0 aromatic carbocycles. The number of piperidine rings is 1. The molecule has 1 saturated heterocycles. The number of hydrogen-bond acceptors (Lipinski definition) is 4. The highest BCUT2D eigenvalue weighted by Gasteiger charge is 2.20. The van der Waals surface area contributed by atoms with Crippen molar-refractivity contribution < 1.29 is 9.47 Å². The topological polar surface area (TPSA) is 33.7 Å². The van der Waals surface area contributed by atoms with Crippen LogP contribution < -0.4 is 5.32 Å². The van der Waals surface area contributed by atoms with Gasteiger partial charge in [0.2, 0.25) is 0 Å². The van der Waals surface area contributed by atoms with E-state index in [1.165, 1.54) is 25.9 Å². The molecule has 1 heterocycles. The predicted octanol–water partition coefficient (Wildman–Crippen LogP) is 2.00. The first-order chi connectivity index (χ1) is 9.74. The Labute approximate surface area is 125 Å². The summed E-state index contributed by atoms with van der Waals surface area (Å²) in [4.78, 5) is 2.53. The van der Waals surface area contributed by atoms with Crippen LogP contribution in [0.25, 0.3) is 0 Å². The van der Waals surface area contributed by atoms with Gasteiger partial charge in [-0.15, -0.1) is 0 Å². The Morgan fingerprint density at radius 1 is 1.05 bits per heavy atom. The number of nitrogens with one attached hydrogen (secondary N) is 1. The summed E-state index contributed by atoms with van der Waals surface area (Å²) in [7, 11) is 0. The van der Waals surface area contributed by atoms with Gasteiger partial charge in [-0.3, -0.25) is 0 Å². The maximum atomic E-state index is 5.63. The molecule has 1 N–H and O–H groups in total. The predicted molar refractivity (Wildman–Crippen MR) is 84.2 cm³/mol. The Morgan fingerprint density at radius 2 is 1.70 bits per heavy atom. The molecule has 0 unspecified atom stereocenters. The van der Waals surface area contributed by atoms with Crippen LogP contribution in [0.2, 0.25) is 0 Å². The van der Waals surface area contributed by atoms with Crippen molar-refractivity contribution >= 4 is 0 Å². The lowest BCUT2D eigenvalue weighted by Gasteiger charge is -2.33. The van der Waals surface area contributed by atoms with Crippen LogP contribution in [0, 0.1) is 11.8 Å². The normalized spacial score (nSPS) is 18.0. The lowest BCUT2D eigenvalue weighted by Crippen LogP contribution is -2.37. The summed E-state index contributed by atoms with van der Waals surface area (Å²) in [5, 5.41) is 3.23. The van der Waals surface area contributed by atoms with Gasteiger partial charge in [-0.2, -0.15) is 0 Å². The van der Waals surface area contributed by atoms with Gasteiger partial charge in [0.15, 0.2) is 0 Å². The van der Waals surface area contributed by atoms with Crippen LogP contribution >= 0.6 is 0 Å². The fraction of sp³-hybridized carbons (Fsp3) is 1.00. The monoisotopic (exact) mass is 286 g/mol. The minimum Gasteiger partial charge on any atom is -0.378 e. The zero-order chi connectivity index (χ0) is 14.6. The highest BCUT2D eigenvalue weighted by atomic mass is 16.5. The second-order valence-corrected chi connectivity index (χ2v) is 6.00. The molecule has 0 aliphatic carbocycles. The molecule has 120 valence electrons. The lowest BCUT2D eigenvalue weighted by molar-refractivity contribution is 0.0343. The standard InChI is InChI=1S/C16H34N2O2/c1-4-17-7-11-19-13-14-20-12-10-18-8-5-16(6-9-18)15(2)3/h15-17H,4-14H2,1-3H3. The number of likely N-dealkylation sites (tertiary alicyclic amines) is 1. The Morgan fingerprint density at radius 3 is 2.30 bits per heavy atom. The maximum Gasteiger partial charge on any atom is 0.0701 e. The summed E-state index contributed by atoms with van der Waals surface area (Å²) >= 11 is 0. The highest BCUT2D eigenvalue weighted by molar-refractivity contribution is 4.73. The molecule has 1 fully saturated rings. The molecule has 0 aromatic rings. The Kier molecular flexibility index (Phi) is 10.3. The van der Waals surface area contributed by atoms with Crippen molar-refractivity contribution in [3.8, 4) is 0 Å². The second-order valence-electron chi connectivity index (χ2n) is 6.00. The van der Waals surface area contributed by atoms with E-state index in [1.807, 2.05) is 0 Å². The third-order valence-electron chi connectivity index (χ3n) is 4.17. The van der Waals surface area contributed by atoms with Crippen LogP contribution in [0.3, 0.4) is 0 Å². The quantitative estimate of drug-likeness (QED) is 0.589. The number of hydrogen-bond donors (Lipinski definition) is 1. The molecule has 20 heavy (non-hydrogen) atoms. The first-order valence-corrected chi connectivity index (χ1v) is 8.32. The molecule has 0 aromatic heterocycles. The molecule has 0 radical (unpaired) electrons. The molecule has 0 saturated carbocycles. The van der Waals surface area contributed by atoms with Crippen molar-refractivity contribution in [2.75, 3.05) is 59.2 Å². The Hall–Kier alpha value is -0.160. The van der Waals surface area contributed by atoms with E-state index >= 15 is 0 Å².